The first-order valence-electron chi connectivity index (χ1n) is 4.61. The summed E-state index contributed by atoms with van der Waals surface area (Å²) in [6, 6.07) is 0.971. The van der Waals surface area contributed by atoms with E-state index in [2.05, 4.69) is 15.9 Å². The minimum Gasteiger partial charge on any atom is -0.502 e. The van der Waals surface area contributed by atoms with E-state index in [0.717, 1.165) is 6.07 Å². The average molecular weight is 308 g/mol. The topological polar surface area (TPSA) is 92.8 Å². The Morgan fingerprint density at radius 2 is 2.29 bits per heavy atom. The highest BCUT2D eigenvalue weighted by molar-refractivity contribution is 9.10. The predicted molar refractivity (Wildman–Crippen MR) is 61.7 cm³/mol. The van der Waals surface area contributed by atoms with Crippen LogP contribution in [0.3, 0.4) is 0 Å². The van der Waals surface area contributed by atoms with Gasteiger partial charge >= 0.3 is 5.97 Å². The van der Waals surface area contributed by atoms with Gasteiger partial charge in [0.1, 0.15) is 0 Å². The van der Waals surface area contributed by atoms with Gasteiger partial charge in [0, 0.05) is 16.6 Å². The number of nitrogens with two attached hydrogens (primary N) is 1. The maximum Gasteiger partial charge on any atom is 0.312 e. The number of halogens is 2. The maximum absolute atomic E-state index is 13.2. The summed E-state index contributed by atoms with van der Waals surface area (Å²) in [5.41, 5.74) is 5.47. The number of rotatable bonds is 4. The third kappa shape index (κ3) is 2.50. The molecule has 0 aliphatic carbocycles. The van der Waals surface area contributed by atoms with E-state index in [4.69, 9.17) is 15.6 Å². The van der Waals surface area contributed by atoms with Crippen molar-refractivity contribution < 1.29 is 24.1 Å². The summed E-state index contributed by atoms with van der Waals surface area (Å²) in [6.07, 6.45) is 0. The fourth-order valence-corrected chi connectivity index (χ4v) is 2.13. The summed E-state index contributed by atoms with van der Waals surface area (Å²) in [6.45, 7) is -0.199. The molecule has 94 valence electrons. The largest absolute Gasteiger partial charge is 0.502 e. The number of methoxy groups -OCH3 is 1. The summed E-state index contributed by atoms with van der Waals surface area (Å²) in [5, 5.41) is 18.5. The number of carboxylic acids is 1. The zero-order valence-electron chi connectivity index (χ0n) is 8.91. The number of hydrogen-bond acceptors (Lipinski definition) is 4. The standard InChI is InChI=1S/C10H11BrFNO4/c1-17-9-7(4(3-13)10(15)16)5(11)2-6(12)8(9)14/h2,4,14H,3,13H2,1H3,(H,15,16). The molecule has 1 unspecified atom stereocenters. The predicted octanol–water partition coefficient (Wildman–Crippen LogP) is 1.43. The minimum absolute atomic E-state index is 0.112. The summed E-state index contributed by atoms with van der Waals surface area (Å²) >= 11 is 3.03. The summed E-state index contributed by atoms with van der Waals surface area (Å²) in [4.78, 5) is 11.0. The molecule has 0 saturated carbocycles. The normalized spacial score (nSPS) is 12.2. The smallest absolute Gasteiger partial charge is 0.312 e. The summed E-state index contributed by atoms with van der Waals surface area (Å²) < 4.78 is 18.3. The van der Waals surface area contributed by atoms with Crippen LogP contribution in [-0.4, -0.2) is 29.8 Å². The summed E-state index contributed by atoms with van der Waals surface area (Å²) in [7, 11) is 1.21. The second kappa shape index (κ2) is 5.33. The van der Waals surface area contributed by atoms with E-state index >= 15 is 0 Å². The van der Waals surface area contributed by atoms with Gasteiger partial charge in [0.2, 0.25) is 0 Å². The van der Waals surface area contributed by atoms with E-state index in [1.165, 1.54) is 7.11 Å². The van der Waals surface area contributed by atoms with Crippen LogP contribution in [0.2, 0.25) is 0 Å². The molecule has 0 amide bonds. The Kier molecular flexibility index (Phi) is 4.30. The minimum atomic E-state index is -1.18. The number of aromatic hydroxyl groups is 1. The lowest BCUT2D eigenvalue weighted by Crippen LogP contribution is -2.22. The highest BCUT2D eigenvalue weighted by Crippen LogP contribution is 2.41. The van der Waals surface area contributed by atoms with Gasteiger partial charge in [0.15, 0.2) is 17.3 Å². The molecular weight excluding hydrogens is 297 g/mol. The number of carboxylic acid groups (broad SMARTS) is 1. The quantitative estimate of drug-likeness (QED) is 0.782. The lowest BCUT2D eigenvalue weighted by atomic mass is 9.97. The van der Waals surface area contributed by atoms with Gasteiger partial charge in [-0.3, -0.25) is 4.79 Å². The second-order valence-corrected chi connectivity index (χ2v) is 4.12. The van der Waals surface area contributed by atoms with Gasteiger partial charge in [0.25, 0.3) is 0 Å². The van der Waals surface area contributed by atoms with Crippen LogP contribution >= 0.6 is 15.9 Å². The van der Waals surface area contributed by atoms with Crippen molar-refractivity contribution in [3.05, 3.63) is 21.9 Å². The highest BCUT2D eigenvalue weighted by atomic mass is 79.9. The van der Waals surface area contributed by atoms with E-state index < -0.39 is 23.5 Å². The number of aliphatic carboxylic acids is 1. The first kappa shape index (κ1) is 13.7. The van der Waals surface area contributed by atoms with E-state index in [1.807, 2.05) is 0 Å². The Morgan fingerprint density at radius 1 is 1.71 bits per heavy atom. The van der Waals surface area contributed by atoms with E-state index in [1.54, 1.807) is 0 Å². The fourth-order valence-electron chi connectivity index (χ4n) is 1.48. The zero-order chi connectivity index (χ0) is 13.2. The van der Waals surface area contributed by atoms with Gasteiger partial charge in [0.05, 0.1) is 13.0 Å². The molecule has 17 heavy (non-hydrogen) atoms. The maximum atomic E-state index is 13.2. The van der Waals surface area contributed by atoms with Crippen LogP contribution < -0.4 is 10.5 Å². The number of hydrogen-bond donors (Lipinski definition) is 3. The molecule has 1 aromatic carbocycles. The number of phenols is 1. The van der Waals surface area contributed by atoms with Crippen molar-refractivity contribution in [2.24, 2.45) is 5.73 Å². The van der Waals surface area contributed by atoms with Gasteiger partial charge < -0.3 is 20.7 Å². The van der Waals surface area contributed by atoms with Crippen LogP contribution in [0.5, 0.6) is 11.5 Å². The molecule has 0 aliphatic rings. The molecular formula is C10H11BrFNO4. The Bertz CT molecular complexity index is 452. The molecule has 0 fully saturated rings. The molecule has 1 rings (SSSR count). The van der Waals surface area contributed by atoms with Crippen molar-refractivity contribution in [1.29, 1.82) is 0 Å². The van der Waals surface area contributed by atoms with Crippen LogP contribution in [0.15, 0.2) is 10.5 Å². The lowest BCUT2D eigenvalue weighted by molar-refractivity contribution is -0.138. The van der Waals surface area contributed by atoms with Crippen LogP contribution in [0.1, 0.15) is 11.5 Å². The van der Waals surface area contributed by atoms with Crippen LogP contribution in [0.4, 0.5) is 4.39 Å². The van der Waals surface area contributed by atoms with Gasteiger partial charge in [-0.05, 0) is 6.07 Å². The fraction of sp³-hybridized carbons (Fsp3) is 0.300. The van der Waals surface area contributed by atoms with Gasteiger partial charge in [-0.25, -0.2) is 4.39 Å². The van der Waals surface area contributed by atoms with Crippen molar-refractivity contribution in [2.75, 3.05) is 13.7 Å². The summed E-state index contributed by atoms with van der Waals surface area (Å²) in [5.74, 6) is -4.14. The molecule has 0 aliphatic heterocycles. The molecule has 0 spiro atoms. The highest BCUT2D eigenvalue weighted by Gasteiger charge is 2.28. The Hall–Kier alpha value is -1.34. The molecule has 1 atom stereocenters. The molecule has 0 aromatic heterocycles. The Balaban J connectivity index is 3.50. The Labute approximate surface area is 105 Å². The van der Waals surface area contributed by atoms with E-state index in [9.17, 15) is 14.3 Å². The van der Waals surface area contributed by atoms with Crippen molar-refractivity contribution >= 4 is 21.9 Å². The second-order valence-electron chi connectivity index (χ2n) is 3.26. The third-order valence-corrected chi connectivity index (χ3v) is 2.94. The van der Waals surface area contributed by atoms with Gasteiger partial charge in [-0.15, -0.1) is 0 Å². The first-order valence-corrected chi connectivity index (χ1v) is 5.41. The van der Waals surface area contributed by atoms with E-state index in [0.29, 0.717) is 0 Å². The molecule has 4 N–H and O–H groups in total. The van der Waals surface area contributed by atoms with Crippen molar-refractivity contribution in [2.45, 2.75) is 5.92 Å². The molecule has 1 aromatic rings. The zero-order valence-corrected chi connectivity index (χ0v) is 10.5. The number of phenolic OH excluding ortho intramolecular Hbond substituents is 1. The monoisotopic (exact) mass is 307 g/mol. The van der Waals surface area contributed by atoms with Crippen molar-refractivity contribution in [1.82, 2.24) is 0 Å². The average Bonchev–Trinajstić information content (AvgIpc) is 2.26. The number of carbonyl (C=O) groups is 1. The number of ether oxygens (including phenoxy) is 1. The van der Waals surface area contributed by atoms with Crippen molar-refractivity contribution in [3.8, 4) is 11.5 Å². The van der Waals surface area contributed by atoms with Crippen LogP contribution in [0, 0.1) is 5.82 Å². The van der Waals surface area contributed by atoms with Crippen molar-refractivity contribution in [3.63, 3.8) is 0 Å². The number of benzene rings is 1. The molecule has 5 nitrogen and oxygen atoms in total. The Morgan fingerprint density at radius 3 is 2.71 bits per heavy atom. The van der Waals surface area contributed by atoms with E-state index in [-0.39, 0.29) is 22.3 Å². The van der Waals surface area contributed by atoms with Gasteiger partial charge in [-0.2, -0.15) is 0 Å². The van der Waals surface area contributed by atoms with Gasteiger partial charge in [-0.1, -0.05) is 15.9 Å². The van der Waals surface area contributed by atoms with Crippen LogP contribution in [0.25, 0.3) is 0 Å². The molecule has 0 radical (unpaired) electrons. The molecule has 0 bridgehead atoms. The SMILES string of the molecule is COc1c(O)c(F)cc(Br)c1C(CN)C(=O)O. The first-order chi connectivity index (χ1) is 7.93. The third-order valence-electron chi connectivity index (χ3n) is 2.28. The lowest BCUT2D eigenvalue weighted by Gasteiger charge is -2.17. The molecule has 0 heterocycles. The molecule has 0 saturated heterocycles. The molecule has 7 heteroatoms. The van der Waals surface area contributed by atoms with Crippen LogP contribution in [-0.2, 0) is 4.79 Å².